The van der Waals surface area contributed by atoms with Gasteiger partial charge in [0, 0.05) is 19.0 Å². The molecule has 1 aliphatic carbocycles. The molecule has 0 spiro atoms. The van der Waals surface area contributed by atoms with Crippen molar-refractivity contribution in [3.05, 3.63) is 17.1 Å². The molecule has 1 aliphatic heterocycles. The Balaban J connectivity index is 1.83. The maximum absolute atomic E-state index is 5.46. The molecular formula is C18H25N5O. The maximum Gasteiger partial charge on any atom is 0.227 e. The molecule has 6 nitrogen and oxygen atoms in total. The predicted molar refractivity (Wildman–Crippen MR) is 93.5 cm³/mol. The van der Waals surface area contributed by atoms with Gasteiger partial charge in [0.1, 0.15) is 5.52 Å². The summed E-state index contributed by atoms with van der Waals surface area (Å²) in [6.07, 6.45) is 6.29. The van der Waals surface area contributed by atoms with Crippen LogP contribution >= 0.6 is 0 Å². The molecule has 6 heteroatoms. The van der Waals surface area contributed by atoms with Gasteiger partial charge in [0.25, 0.3) is 0 Å². The highest BCUT2D eigenvalue weighted by Crippen LogP contribution is 2.35. The molecule has 2 aromatic rings. The molecule has 2 fully saturated rings. The largest absolute Gasteiger partial charge is 0.378 e. The fourth-order valence-corrected chi connectivity index (χ4v) is 3.69. The summed E-state index contributed by atoms with van der Waals surface area (Å²) >= 11 is 0. The molecular weight excluding hydrogens is 302 g/mol. The Morgan fingerprint density at radius 3 is 2.33 bits per heavy atom. The first-order chi connectivity index (χ1) is 11.7. The molecule has 0 radical (unpaired) electrons. The first-order valence-corrected chi connectivity index (χ1v) is 9.08. The van der Waals surface area contributed by atoms with Crippen LogP contribution in [0, 0.1) is 13.8 Å². The van der Waals surface area contributed by atoms with Gasteiger partial charge in [-0.05, 0) is 26.7 Å². The molecule has 1 saturated carbocycles. The van der Waals surface area contributed by atoms with E-state index >= 15 is 0 Å². The van der Waals surface area contributed by atoms with Gasteiger partial charge in [0.2, 0.25) is 5.95 Å². The third-order valence-corrected chi connectivity index (χ3v) is 5.24. The molecule has 128 valence electrons. The van der Waals surface area contributed by atoms with Crippen LogP contribution in [0.4, 0.5) is 5.95 Å². The second kappa shape index (κ2) is 6.59. The van der Waals surface area contributed by atoms with Gasteiger partial charge in [-0.2, -0.15) is 4.98 Å². The van der Waals surface area contributed by atoms with Crippen LogP contribution in [0.3, 0.4) is 0 Å². The van der Waals surface area contributed by atoms with Crippen LogP contribution in [0.2, 0.25) is 0 Å². The minimum absolute atomic E-state index is 0.487. The van der Waals surface area contributed by atoms with Gasteiger partial charge >= 0.3 is 0 Å². The summed E-state index contributed by atoms with van der Waals surface area (Å²) in [5.41, 5.74) is 4.68. The van der Waals surface area contributed by atoms with Gasteiger partial charge in [-0.3, -0.25) is 0 Å². The van der Waals surface area contributed by atoms with Crippen LogP contribution in [-0.2, 0) is 4.74 Å². The highest BCUT2D eigenvalue weighted by molar-refractivity contribution is 5.75. The average Bonchev–Trinajstić information content (AvgIpc) is 2.63. The molecule has 0 N–H and O–H groups in total. The molecule has 2 aromatic heterocycles. The predicted octanol–water partition coefficient (Wildman–Crippen LogP) is 2.92. The zero-order valence-electron chi connectivity index (χ0n) is 14.6. The summed E-state index contributed by atoms with van der Waals surface area (Å²) in [6, 6.07) is 0. The van der Waals surface area contributed by atoms with E-state index in [2.05, 4.69) is 4.90 Å². The lowest BCUT2D eigenvalue weighted by Gasteiger charge is -2.28. The Morgan fingerprint density at radius 2 is 1.58 bits per heavy atom. The Hall–Kier alpha value is -1.82. The summed E-state index contributed by atoms with van der Waals surface area (Å²) in [6.45, 7) is 7.17. The number of nitrogens with zero attached hydrogens (tertiary/aromatic N) is 5. The van der Waals surface area contributed by atoms with Crippen LogP contribution in [-0.4, -0.2) is 46.2 Å². The Bertz CT molecular complexity index is 736. The van der Waals surface area contributed by atoms with Crippen molar-refractivity contribution in [2.45, 2.75) is 51.9 Å². The second-order valence-electron chi connectivity index (χ2n) is 6.91. The standard InChI is InChI=1S/C18H25N5O/c1-12-13(2)20-17-16(19-12)15(14-6-4-3-5-7-14)21-18(22-17)23-8-10-24-11-9-23/h14H,3-11H2,1-2H3. The molecule has 0 bridgehead atoms. The summed E-state index contributed by atoms with van der Waals surface area (Å²) in [7, 11) is 0. The number of hydrogen-bond acceptors (Lipinski definition) is 6. The van der Waals surface area contributed by atoms with Gasteiger partial charge in [-0.1, -0.05) is 19.3 Å². The first-order valence-electron chi connectivity index (χ1n) is 9.08. The molecule has 3 heterocycles. The van der Waals surface area contributed by atoms with E-state index in [0.717, 1.165) is 60.5 Å². The second-order valence-corrected chi connectivity index (χ2v) is 6.91. The van der Waals surface area contributed by atoms with E-state index in [4.69, 9.17) is 24.7 Å². The zero-order valence-corrected chi connectivity index (χ0v) is 14.6. The third kappa shape index (κ3) is 2.95. The molecule has 0 amide bonds. The topological polar surface area (TPSA) is 64.0 Å². The summed E-state index contributed by atoms with van der Waals surface area (Å²) in [5, 5.41) is 0. The summed E-state index contributed by atoms with van der Waals surface area (Å²) < 4.78 is 5.46. The van der Waals surface area contributed by atoms with Crippen molar-refractivity contribution in [2.75, 3.05) is 31.2 Å². The number of ether oxygens (including phenoxy) is 1. The lowest BCUT2D eigenvalue weighted by atomic mass is 9.86. The van der Waals surface area contributed by atoms with Crippen molar-refractivity contribution in [1.82, 2.24) is 19.9 Å². The molecule has 2 aliphatic rings. The number of aromatic nitrogens is 4. The highest BCUT2D eigenvalue weighted by atomic mass is 16.5. The van der Waals surface area contributed by atoms with Crippen LogP contribution < -0.4 is 4.90 Å². The third-order valence-electron chi connectivity index (χ3n) is 5.24. The van der Waals surface area contributed by atoms with E-state index in [1.54, 1.807) is 0 Å². The monoisotopic (exact) mass is 327 g/mol. The Morgan fingerprint density at radius 1 is 0.875 bits per heavy atom. The SMILES string of the molecule is Cc1nc2nc(N3CCOCC3)nc(C3CCCCC3)c2nc1C. The molecule has 0 unspecified atom stereocenters. The van der Waals surface area contributed by atoms with Gasteiger partial charge < -0.3 is 9.64 Å². The maximum atomic E-state index is 5.46. The molecule has 24 heavy (non-hydrogen) atoms. The van der Waals surface area contributed by atoms with Crippen molar-refractivity contribution in [3.63, 3.8) is 0 Å². The molecule has 0 atom stereocenters. The van der Waals surface area contributed by atoms with E-state index in [-0.39, 0.29) is 0 Å². The molecule has 4 rings (SSSR count). The van der Waals surface area contributed by atoms with E-state index in [1.807, 2.05) is 13.8 Å². The quantitative estimate of drug-likeness (QED) is 0.845. The number of rotatable bonds is 2. The Kier molecular flexibility index (Phi) is 4.31. The lowest BCUT2D eigenvalue weighted by Crippen LogP contribution is -2.37. The summed E-state index contributed by atoms with van der Waals surface area (Å²) in [4.78, 5) is 21.5. The van der Waals surface area contributed by atoms with Crippen molar-refractivity contribution < 1.29 is 4.74 Å². The number of morpholine rings is 1. The van der Waals surface area contributed by atoms with Crippen LogP contribution in [0.1, 0.15) is 55.1 Å². The summed E-state index contributed by atoms with van der Waals surface area (Å²) in [5.74, 6) is 1.28. The van der Waals surface area contributed by atoms with Gasteiger partial charge in [0.05, 0.1) is 30.3 Å². The minimum Gasteiger partial charge on any atom is -0.378 e. The fraction of sp³-hybridized carbons (Fsp3) is 0.667. The Labute approximate surface area is 142 Å². The first kappa shape index (κ1) is 15.7. The van der Waals surface area contributed by atoms with E-state index in [0.29, 0.717) is 5.92 Å². The number of fused-ring (bicyclic) bond motifs is 1. The fourth-order valence-electron chi connectivity index (χ4n) is 3.69. The minimum atomic E-state index is 0.487. The average molecular weight is 327 g/mol. The number of aryl methyl sites for hydroxylation is 2. The van der Waals surface area contributed by atoms with Crippen LogP contribution in [0.25, 0.3) is 11.2 Å². The van der Waals surface area contributed by atoms with E-state index < -0.39 is 0 Å². The van der Waals surface area contributed by atoms with Crippen molar-refractivity contribution >= 4 is 17.1 Å². The molecule has 1 saturated heterocycles. The van der Waals surface area contributed by atoms with Gasteiger partial charge in [-0.15, -0.1) is 0 Å². The van der Waals surface area contributed by atoms with E-state index in [9.17, 15) is 0 Å². The number of hydrogen-bond donors (Lipinski definition) is 0. The zero-order chi connectivity index (χ0) is 16.5. The van der Waals surface area contributed by atoms with Crippen molar-refractivity contribution in [1.29, 1.82) is 0 Å². The van der Waals surface area contributed by atoms with Crippen LogP contribution in [0.15, 0.2) is 0 Å². The number of anilines is 1. The van der Waals surface area contributed by atoms with Gasteiger partial charge in [-0.25, -0.2) is 15.0 Å². The molecule has 0 aromatic carbocycles. The van der Waals surface area contributed by atoms with E-state index in [1.165, 1.54) is 32.1 Å². The lowest BCUT2D eigenvalue weighted by molar-refractivity contribution is 0.122. The normalized spacial score (nSPS) is 19.8. The highest BCUT2D eigenvalue weighted by Gasteiger charge is 2.24. The van der Waals surface area contributed by atoms with Crippen LogP contribution in [0.5, 0.6) is 0 Å². The van der Waals surface area contributed by atoms with Crippen molar-refractivity contribution in [3.8, 4) is 0 Å². The van der Waals surface area contributed by atoms with Crippen molar-refractivity contribution in [2.24, 2.45) is 0 Å². The van der Waals surface area contributed by atoms with Gasteiger partial charge in [0.15, 0.2) is 5.65 Å². The smallest absolute Gasteiger partial charge is 0.227 e.